The summed E-state index contributed by atoms with van der Waals surface area (Å²) in [7, 11) is 0. The van der Waals surface area contributed by atoms with Crippen LogP contribution in [0.4, 0.5) is 0 Å². The number of fused-ring (bicyclic) bond motifs is 1. The Bertz CT molecular complexity index is 1150. The molecule has 4 aromatic rings. The van der Waals surface area contributed by atoms with Gasteiger partial charge in [0.1, 0.15) is 11.6 Å². The number of rotatable bonds is 5. The molecule has 1 atom stereocenters. The van der Waals surface area contributed by atoms with E-state index < -0.39 is 0 Å². The summed E-state index contributed by atoms with van der Waals surface area (Å²) in [6.45, 7) is 0.704. The standard InChI is InChI=1S/C22H22N6O2/c29-20(13-30-16-6-2-1-3-7-16)28-11-5-4-8-19(28)22-25-21(26-27-22)15-9-10-17-18(12-15)24-14-23-17/h1-3,6-7,9-10,12,14,19H,4-5,8,11,13H2,(H,23,24)(H,25,26,27). The third-order valence-corrected chi connectivity index (χ3v) is 5.43. The molecule has 3 heterocycles. The van der Waals surface area contributed by atoms with Gasteiger partial charge in [-0.15, -0.1) is 0 Å². The van der Waals surface area contributed by atoms with Crippen molar-refractivity contribution in [3.05, 3.63) is 60.7 Å². The smallest absolute Gasteiger partial charge is 0.261 e. The molecule has 5 rings (SSSR count). The minimum absolute atomic E-state index is 0.0119. The number of hydrogen-bond donors (Lipinski definition) is 2. The number of ether oxygens (including phenoxy) is 1. The van der Waals surface area contributed by atoms with Crippen molar-refractivity contribution in [2.75, 3.05) is 13.2 Å². The normalized spacial score (nSPS) is 16.7. The first-order chi connectivity index (χ1) is 14.8. The van der Waals surface area contributed by atoms with Gasteiger partial charge in [0, 0.05) is 12.1 Å². The summed E-state index contributed by atoms with van der Waals surface area (Å²) in [5, 5.41) is 7.45. The lowest BCUT2D eigenvalue weighted by Crippen LogP contribution is -2.41. The molecule has 1 saturated heterocycles. The summed E-state index contributed by atoms with van der Waals surface area (Å²) in [4.78, 5) is 26.8. The molecule has 0 radical (unpaired) electrons. The molecule has 0 spiro atoms. The highest BCUT2D eigenvalue weighted by molar-refractivity contribution is 5.80. The zero-order chi connectivity index (χ0) is 20.3. The first-order valence-electron chi connectivity index (χ1n) is 10.1. The average Bonchev–Trinajstić information content (AvgIpc) is 3.47. The molecule has 0 saturated carbocycles. The second-order valence-electron chi connectivity index (χ2n) is 7.38. The molecular formula is C22H22N6O2. The van der Waals surface area contributed by atoms with E-state index in [4.69, 9.17) is 9.72 Å². The number of aromatic nitrogens is 5. The maximum Gasteiger partial charge on any atom is 0.261 e. The fourth-order valence-corrected chi connectivity index (χ4v) is 3.89. The highest BCUT2D eigenvalue weighted by Crippen LogP contribution is 2.30. The van der Waals surface area contributed by atoms with Gasteiger partial charge >= 0.3 is 0 Å². The molecule has 1 unspecified atom stereocenters. The maximum absolute atomic E-state index is 12.9. The summed E-state index contributed by atoms with van der Waals surface area (Å²) >= 11 is 0. The van der Waals surface area contributed by atoms with Gasteiger partial charge in [-0.2, -0.15) is 5.10 Å². The van der Waals surface area contributed by atoms with Crippen LogP contribution in [0.2, 0.25) is 0 Å². The van der Waals surface area contributed by atoms with Gasteiger partial charge in [0.25, 0.3) is 5.91 Å². The van der Waals surface area contributed by atoms with Crippen LogP contribution in [0.25, 0.3) is 22.4 Å². The molecule has 8 heteroatoms. The van der Waals surface area contributed by atoms with Crippen molar-refractivity contribution in [2.45, 2.75) is 25.3 Å². The molecular weight excluding hydrogens is 380 g/mol. The average molecular weight is 402 g/mol. The van der Waals surface area contributed by atoms with Crippen LogP contribution in [-0.2, 0) is 4.79 Å². The minimum Gasteiger partial charge on any atom is -0.484 e. The van der Waals surface area contributed by atoms with Crippen LogP contribution in [-0.4, -0.2) is 49.1 Å². The van der Waals surface area contributed by atoms with E-state index in [1.54, 1.807) is 6.33 Å². The first kappa shape index (κ1) is 18.4. The Morgan fingerprint density at radius 2 is 2.07 bits per heavy atom. The third-order valence-electron chi connectivity index (χ3n) is 5.43. The predicted octanol–water partition coefficient (Wildman–Crippen LogP) is 3.48. The molecule has 1 aliphatic heterocycles. The van der Waals surface area contributed by atoms with E-state index in [1.807, 2.05) is 53.4 Å². The Hall–Kier alpha value is -3.68. The molecule has 0 aliphatic carbocycles. The highest BCUT2D eigenvalue weighted by atomic mass is 16.5. The quantitative estimate of drug-likeness (QED) is 0.532. The van der Waals surface area contributed by atoms with Crippen molar-refractivity contribution in [3.8, 4) is 17.1 Å². The number of aromatic amines is 2. The van der Waals surface area contributed by atoms with Gasteiger partial charge in [-0.1, -0.05) is 18.2 Å². The van der Waals surface area contributed by atoms with Crippen LogP contribution < -0.4 is 4.74 Å². The van der Waals surface area contributed by atoms with Gasteiger partial charge in [-0.05, 0) is 49.6 Å². The molecule has 8 nitrogen and oxygen atoms in total. The van der Waals surface area contributed by atoms with Gasteiger partial charge in [0.2, 0.25) is 0 Å². The van der Waals surface area contributed by atoms with Crippen molar-refractivity contribution in [1.29, 1.82) is 0 Å². The molecule has 1 fully saturated rings. The zero-order valence-electron chi connectivity index (χ0n) is 16.4. The summed E-state index contributed by atoms with van der Waals surface area (Å²) in [5.74, 6) is 1.97. The Morgan fingerprint density at radius 3 is 2.97 bits per heavy atom. The molecule has 2 aromatic heterocycles. The monoisotopic (exact) mass is 402 g/mol. The topological polar surface area (TPSA) is 99.8 Å². The molecule has 1 aliphatic rings. The number of piperidine rings is 1. The van der Waals surface area contributed by atoms with Crippen LogP contribution in [0.3, 0.4) is 0 Å². The van der Waals surface area contributed by atoms with Crippen molar-refractivity contribution in [1.82, 2.24) is 30.0 Å². The number of nitrogens with one attached hydrogen (secondary N) is 2. The molecule has 30 heavy (non-hydrogen) atoms. The fourth-order valence-electron chi connectivity index (χ4n) is 3.89. The van der Waals surface area contributed by atoms with Crippen molar-refractivity contribution >= 4 is 16.9 Å². The molecule has 1 amide bonds. The number of imidazole rings is 1. The summed E-state index contributed by atoms with van der Waals surface area (Å²) < 4.78 is 5.67. The van der Waals surface area contributed by atoms with Crippen LogP contribution >= 0.6 is 0 Å². The van der Waals surface area contributed by atoms with Crippen LogP contribution in [0, 0.1) is 0 Å². The minimum atomic E-state index is -0.122. The zero-order valence-corrected chi connectivity index (χ0v) is 16.4. The number of para-hydroxylation sites is 1. The van der Waals surface area contributed by atoms with Crippen molar-refractivity contribution in [3.63, 3.8) is 0 Å². The van der Waals surface area contributed by atoms with Gasteiger partial charge in [-0.25, -0.2) is 9.97 Å². The van der Waals surface area contributed by atoms with Gasteiger partial charge < -0.3 is 14.6 Å². The van der Waals surface area contributed by atoms with Gasteiger partial charge in [0.05, 0.1) is 23.4 Å². The SMILES string of the molecule is O=C(COc1ccccc1)N1CCCCC1c1nc(-c2ccc3nc[nH]c3c2)n[nH]1. The van der Waals surface area contributed by atoms with Crippen LogP contribution in [0.1, 0.15) is 31.1 Å². The van der Waals surface area contributed by atoms with E-state index >= 15 is 0 Å². The highest BCUT2D eigenvalue weighted by Gasteiger charge is 2.30. The van der Waals surface area contributed by atoms with Crippen LogP contribution in [0.5, 0.6) is 5.75 Å². The van der Waals surface area contributed by atoms with Crippen LogP contribution in [0.15, 0.2) is 54.9 Å². The number of carbonyl (C=O) groups is 1. The molecule has 2 N–H and O–H groups in total. The molecule has 152 valence electrons. The largest absolute Gasteiger partial charge is 0.484 e. The maximum atomic E-state index is 12.9. The number of hydrogen-bond acceptors (Lipinski definition) is 5. The van der Waals surface area contributed by atoms with E-state index in [1.165, 1.54) is 0 Å². The predicted molar refractivity (Wildman–Crippen MR) is 112 cm³/mol. The second-order valence-corrected chi connectivity index (χ2v) is 7.38. The second kappa shape index (κ2) is 7.98. The fraction of sp³-hybridized carbons (Fsp3) is 0.273. The van der Waals surface area contributed by atoms with E-state index in [-0.39, 0.29) is 18.6 Å². The lowest BCUT2D eigenvalue weighted by atomic mass is 10.0. The van der Waals surface area contributed by atoms with Gasteiger partial charge in [0.15, 0.2) is 12.4 Å². The number of likely N-dealkylation sites (tertiary alicyclic amines) is 1. The number of nitrogens with zero attached hydrogens (tertiary/aromatic N) is 4. The van der Waals surface area contributed by atoms with E-state index in [0.717, 1.165) is 35.9 Å². The molecule has 2 aromatic carbocycles. The number of amides is 1. The summed E-state index contributed by atoms with van der Waals surface area (Å²) in [5.41, 5.74) is 2.73. The van der Waals surface area contributed by atoms with Crippen molar-refractivity contribution < 1.29 is 9.53 Å². The number of benzene rings is 2. The van der Waals surface area contributed by atoms with Gasteiger partial charge in [-0.3, -0.25) is 9.89 Å². The molecule has 0 bridgehead atoms. The Balaban J connectivity index is 1.33. The summed E-state index contributed by atoms with van der Waals surface area (Å²) in [6, 6.07) is 15.1. The lowest BCUT2D eigenvalue weighted by Gasteiger charge is -2.34. The number of H-pyrrole nitrogens is 2. The Labute approximate surface area is 173 Å². The van der Waals surface area contributed by atoms with E-state index in [2.05, 4.69) is 20.2 Å². The lowest BCUT2D eigenvalue weighted by molar-refractivity contribution is -0.137. The third kappa shape index (κ3) is 3.63. The van der Waals surface area contributed by atoms with E-state index in [9.17, 15) is 4.79 Å². The van der Waals surface area contributed by atoms with E-state index in [0.29, 0.717) is 23.9 Å². The Kier molecular flexibility index (Phi) is 4.88. The Morgan fingerprint density at radius 1 is 1.17 bits per heavy atom. The first-order valence-corrected chi connectivity index (χ1v) is 10.1. The number of carbonyl (C=O) groups excluding carboxylic acids is 1. The summed E-state index contributed by atoms with van der Waals surface area (Å²) in [6.07, 6.45) is 4.54. The van der Waals surface area contributed by atoms with Crippen molar-refractivity contribution in [2.24, 2.45) is 0 Å².